The fourth-order valence-corrected chi connectivity index (χ4v) is 1.88. The number of hydrogen-bond acceptors (Lipinski definition) is 2. The van der Waals surface area contributed by atoms with E-state index in [0.29, 0.717) is 0 Å². The van der Waals surface area contributed by atoms with Gasteiger partial charge in [-0.15, -0.1) is 0 Å². The second-order valence-electron chi connectivity index (χ2n) is 4.39. The predicted octanol–water partition coefficient (Wildman–Crippen LogP) is 2.99. The molecule has 1 rings (SSSR count). The highest BCUT2D eigenvalue weighted by molar-refractivity contribution is 5.74. The SMILES string of the molecule is CCCCN(CC(=O)O)c1cccc(C)c1C. The van der Waals surface area contributed by atoms with Crippen LogP contribution in [0.1, 0.15) is 30.9 Å². The maximum absolute atomic E-state index is 10.9. The zero-order valence-electron chi connectivity index (χ0n) is 10.9. The average Bonchev–Trinajstić information content (AvgIpc) is 2.28. The summed E-state index contributed by atoms with van der Waals surface area (Å²) in [6.45, 7) is 7.09. The molecule has 0 aliphatic rings. The summed E-state index contributed by atoms with van der Waals surface area (Å²) in [6.07, 6.45) is 2.08. The van der Waals surface area contributed by atoms with Gasteiger partial charge in [0.25, 0.3) is 0 Å². The summed E-state index contributed by atoms with van der Waals surface area (Å²) in [5.41, 5.74) is 3.42. The molecule has 0 bridgehead atoms. The van der Waals surface area contributed by atoms with Crippen LogP contribution in [0.15, 0.2) is 18.2 Å². The second-order valence-corrected chi connectivity index (χ2v) is 4.39. The van der Waals surface area contributed by atoms with Gasteiger partial charge in [0.05, 0.1) is 0 Å². The molecule has 3 heteroatoms. The van der Waals surface area contributed by atoms with E-state index < -0.39 is 5.97 Å². The molecule has 0 spiro atoms. The highest BCUT2D eigenvalue weighted by Crippen LogP contribution is 2.22. The molecule has 0 atom stereocenters. The van der Waals surface area contributed by atoms with Crippen LogP contribution in [-0.2, 0) is 4.79 Å². The van der Waals surface area contributed by atoms with Gasteiger partial charge in [-0.2, -0.15) is 0 Å². The quantitative estimate of drug-likeness (QED) is 0.824. The van der Waals surface area contributed by atoms with Crippen molar-refractivity contribution in [1.82, 2.24) is 0 Å². The van der Waals surface area contributed by atoms with E-state index in [0.717, 1.165) is 25.1 Å². The molecule has 1 aromatic rings. The molecule has 3 nitrogen and oxygen atoms in total. The van der Waals surface area contributed by atoms with E-state index in [4.69, 9.17) is 5.11 Å². The van der Waals surface area contributed by atoms with Crippen LogP contribution in [0.25, 0.3) is 0 Å². The highest BCUT2D eigenvalue weighted by atomic mass is 16.4. The summed E-state index contributed by atoms with van der Waals surface area (Å²) in [6, 6.07) is 6.04. The summed E-state index contributed by atoms with van der Waals surface area (Å²) in [7, 11) is 0. The number of aliphatic carboxylic acids is 1. The summed E-state index contributed by atoms with van der Waals surface area (Å²) in [5, 5.41) is 8.96. The molecule has 0 saturated carbocycles. The first-order chi connectivity index (χ1) is 8.06. The number of carboxylic acid groups (broad SMARTS) is 1. The van der Waals surface area contributed by atoms with Gasteiger partial charge in [-0.3, -0.25) is 4.79 Å². The molecular formula is C14H21NO2. The zero-order chi connectivity index (χ0) is 12.8. The number of carbonyl (C=O) groups is 1. The lowest BCUT2D eigenvalue weighted by molar-refractivity contribution is -0.135. The Labute approximate surface area is 103 Å². The molecule has 0 aliphatic carbocycles. The fourth-order valence-electron chi connectivity index (χ4n) is 1.88. The summed E-state index contributed by atoms with van der Waals surface area (Å²) in [5.74, 6) is -0.776. The van der Waals surface area contributed by atoms with Crippen molar-refractivity contribution in [2.24, 2.45) is 0 Å². The van der Waals surface area contributed by atoms with E-state index in [1.807, 2.05) is 24.0 Å². The Morgan fingerprint density at radius 2 is 2.06 bits per heavy atom. The maximum atomic E-state index is 10.9. The van der Waals surface area contributed by atoms with Crippen molar-refractivity contribution in [3.63, 3.8) is 0 Å². The minimum Gasteiger partial charge on any atom is -0.480 e. The normalized spacial score (nSPS) is 10.3. The van der Waals surface area contributed by atoms with Gasteiger partial charge < -0.3 is 10.0 Å². The number of benzene rings is 1. The molecule has 17 heavy (non-hydrogen) atoms. The number of rotatable bonds is 6. The lowest BCUT2D eigenvalue weighted by Gasteiger charge is -2.25. The number of nitrogens with zero attached hydrogens (tertiary/aromatic N) is 1. The van der Waals surface area contributed by atoms with Crippen LogP contribution in [0.5, 0.6) is 0 Å². The van der Waals surface area contributed by atoms with Gasteiger partial charge in [0.2, 0.25) is 0 Å². The minimum atomic E-state index is -0.776. The lowest BCUT2D eigenvalue weighted by Crippen LogP contribution is -2.31. The van der Waals surface area contributed by atoms with Gasteiger partial charge in [-0.25, -0.2) is 0 Å². The number of unbranched alkanes of at least 4 members (excludes halogenated alkanes) is 1. The van der Waals surface area contributed by atoms with Crippen LogP contribution in [-0.4, -0.2) is 24.2 Å². The van der Waals surface area contributed by atoms with Crippen molar-refractivity contribution in [1.29, 1.82) is 0 Å². The number of hydrogen-bond donors (Lipinski definition) is 1. The topological polar surface area (TPSA) is 40.5 Å². The van der Waals surface area contributed by atoms with Crippen molar-refractivity contribution in [2.45, 2.75) is 33.6 Å². The molecular weight excluding hydrogens is 214 g/mol. The van der Waals surface area contributed by atoms with E-state index in [1.165, 1.54) is 11.1 Å². The molecule has 94 valence electrons. The molecule has 0 radical (unpaired) electrons. The smallest absolute Gasteiger partial charge is 0.323 e. The van der Waals surface area contributed by atoms with Crippen LogP contribution >= 0.6 is 0 Å². The van der Waals surface area contributed by atoms with Crippen LogP contribution in [0.2, 0.25) is 0 Å². The maximum Gasteiger partial charge on any atom is 0.323 e. The molecule has 0 aliphatic heterocycles. The van der Waals surface area contributed by atoms with Crippen molar-refractivity contribution in [3.05, 3.63) is 29.3 Å². The number of anilines is 1. The second kappa shape index (κ2) is 6.28. The molecule has 1 aromatic carbocycles. The Hall–Kier alpha value is -1.51. The Morgan fingerprint density at radius 1 is 1.35 bits per heavy atom. The first kappa shape index (κ1) is 13.6. The first-order valence-electron chi connectivity index (χ1n) is 6.09. The van der Waals surface area contributed by atoms with Gasteiger partial charge in [-0.1, -0.05) is 25.5 Å². The Morgan fingerprint density at radius 3 is 2.65 bits per heavy atom. The van der Waals surface area contributed by atoms with E-state index in [-0.39, 0.29) is 6.54 Å². The fraction of sp³-hybridized carbons (Fsp3) is 0.500. The molecule has 0 saturated heterocycles. The highest BCUT2D eigenvalue weighted by Gasteiger charge is 2.12. The first-order valence-corrected chi connectivity index (χ1v) is 6.09. The third-order valence-electron chi connectivity index (χ3n) is 3.02. The van der Waals surface area contributed by atoms with Gasteiger partial charge in [0, 0.05) is 12.2 Å². The largest absolute Gasteiger partial charge is 0.480 e. The molecule has 1 N–H and O–H groups in total. The van der Waals surface area contributed by atoms with Gasteiger partial charge in [0.1, 0.15) is 6.54 Å². The molecule has 0 aromatic heterocycles. The van der Waals surface area contributed by atoms with Gasteiger partial charge in [-0.05, 0) is 37.5 Å². The molecule has 0 fully saturated rings. The Bertz CT molecular complexity index is 388. The monoisotopic (exact) mass is 235 g/mol. The van der Waals surface area contributed by atoms with Crippen molar-refractivity contribution in [3.8, 4) is 0 Å². The summed E-state index contributed by atoms with van der Waals surface area (Å²) < 4.78 is 0. The molecule has 0 amide bonds. The van der Waals surface area contributed by atoms with Crippen molar-refractivity contribution >= 4 is 11.7 Å². The summed E-state index contributed by atoms with van der Waals surface area (Å²) >= 11 is 0. The van der Waals surface area contributed by atoms with Crippen LogP contribution in [0.3, 0.4) is 0 Å². The van der Waals surface area contributed by atoms with E-state index in [2.05, 4.69) is 19.9 Å². The summed E-state index contributed by atoms with van der Waals surface area (Å²) in [4.78, 5) is 12.9. The van der Waals surface area contributed by atoms with E-state index in [1.54, 1.807) is 0 Å². The number of carboxylic acids is 1. The van der Waals surface area contributed by atoms with Crippen LogP contribution < -0.4 is 4.90 Å². The minimum absolute atomic E-state index is 0.0737. The van der Waals surface area contributed by atoms with Crippen LogP contribution in [0.4, 0.5) is 5.69 Å². The number of aryl methyl sites for hydroxylation is 1. The van der Waals surface area contributed by atoms with Crippen molar-refractivity contribution < 1.29 is 9.90 Å². The van der Waals surface area contributed by atoms with E-state index >= 15 is 0 Å². The zero-order valence-corrected chi connectivity index (χ0v) is 10.9. The Balaban J connectivity index is 2.94. The third kappa shape index (κ3) is 3.77. The average molecular weight is 235 g/mol. The van der Waals surface area contributed by atoms with Gasteiger partial charge in [0.15, 0.2) is 0 Å². The van der Waals surface area contributed by atoms with Crippen molar-refractivity contribution in [2.75, 3.05) is 18.0 Å². The molecule has 0 unspecified atom stereocenters. The van der Waals surface area contributed by atoms with Gasteiger partial charge >= 0.3 is 5.97 Å². The van der Waals surface area contributed by atoms with Crippen LogP contribution in [0, 0.1) is 13.8 Å². The standard InChI is InChI=1S/C14H21NO2/c1-4-5-9-15(10-14(16)17)13-8-6-7-11(2)12(13)3/h6-8H,4-5,9-10H2,1-3H3,(H,16,17). The Kier molecular flexibility index (Phi) is 5.01. The molecule has 0 heterocycles. The third-order valence-corrected chi connectivity index (χ3v) is 3.02. The predicted molar refractivity (Wildman–Crippen MR) is 70.7 cm³/mol. The van der Waals surface area contributed by atoms with E-state index in [9.17, 15) is 4.79 Å². The lowest BCUT2D eigenvalue weighted by atomic mass is 10.1.